The summed E-state index contributed by atoms with van der Waals surface area (Å²) in [6.07, 6.45) is 6.31. The number of nitrogens with zero attached hydrogens (tertiary/aromatic N) is 2. The molecule has 1 unspecified atom stereocenters. The maximum atomic E-state index is 12.4. The van der Waals surface area contributed by atoms with Crippen LogP contribution in [0.4, 0.5) is 0 Å². The molecule has 0 aromatic rings. The van der Waals surface area contributed by atoms with E-state index < -0.39 is 0 Å². The Morgan fingerprint density at radius 3 is 2.45 bits per heavy atom. The highest BCUT2D eigenvalue weighted by Gasteiger charge is 2.28. The van der Waals surface area contributed by atoms with Crippen molar-refractivity contribution in [1.82, 2.24) is 15.1 Å². The number of nitrogens with one attached hydrogen (secondary N) is 1. The van der Waals surface area contributed by atoms with E-state index in [4.69, 9.17) is 15.6 Å². The zero-order chi connectivity index (χ0) is 21.6. The van der Waals surface area contributed by atoms with Crippen molar-refractivity contribution in [3.63, 3.8) is 0 Å². The van der Waals surface area contributed by atoms with E-state index in [0.29, 0.717) is 25.4 Å². The number of likely N-dealkylation sites (tertiary alicyclic amines) is 2. The Hall–Kier alpha value is -1.81. The summed E-state index contributed by atoms with van der Waals surface area (Å²) in [7, 11) is 0. The molecule has 4 N–H and O–H groups in total. The van der Waals surface area contributed by atoms with Gasteiger partial charge in [-0.05, 0) is 44.4 Å². The largest absolute Gasteiger partial charge is 0.483 e. The van der Waals surface area contributed by atoms with Gasteiger partial charge in [-0.15, -0.1) is 0 Å². The van der Waals surface area contributed by atoms with Gasteiger partial charge in [-0.3, -0.25) is 24.1 Å². The minimum absolute atomic E-state index is 0.0590. The lowest BCUT2D eigenvalue weighted by Gasteiger charge is -2.33. The zero-order valence-electron chi connectivity index (χ0n) is 17.2. The van der Waals surface area contributed by atoms with Crippen molar-refractivity contribution >= 4 is 36.0 Å². The van der Waals surface area contributed by atoms with Crippen LogP contribution in [-0.2, 0) is 19.2 Å². The molecule has 2 aliphatic heterocycles. The third-order valence-corrected chi connectivity index (χ3v) is 5.92. The van der Waals surface area contributed by atoms with E-state index >= 15 is 0 Å². The van der Waals surface area contributed by atoms with Crippen LogP contribution in [0, 0.1) is 11.8 Å². The highest BCUT2D eigenvalue weighted by molar-refractivity contribution is 7.98. The molecule has 0 bridgehead atoms. The van der Waals surface area contributed by atoms with Gasteiger partial charge >= 0.3 is 0 Å². The number of carboxylic acid groups (broad SMARTS) is 1. The summed E-state index contributed by atoms with van der Waals surface area (Å²) in [5.41, 5.74) is 5.25. The molecule has 166 valence electrons. The van der Waals surface area contributed by atoms with Crippen molar-refractivity contribution in [2.45, 2.75) is 32.1 Å². The van der Waals surface area contributed by atoms with Gasteiger partial charge in [-0.25, -0.2) is 0 Å². The quantitative estimate of drug-likeness (QED) is 0.461. The van der Waals surface area contributed by atoms with Gasteiger partial charge < -0.3 is 21.1 Å². The van der Waals surface area contributed by atoms with E-state index in [0.717, 1.165) is 51.1 Å². The van der Waals surface area contributed by atoms with Crippen LogP contribution < -0.4 is 11.1 Å². The lowest BCUT2D eigenvalue weighted by Crippen LogP contribution is -2.47. The molecular weight excluding hydrogens is 396 g/mol. The Bertz CT molecular complexity index is 541. The Balaban J connectivity index is 0.00000132. The SMILES string of the molecule is CSCCC(=O)N1CCC(CNC(=O)C2CCCN(CC(N)=O)C2)CC1.O=CO. The molecule has 0 radical (unpaired) electrons. The minimum atomic E-state index is -0.343. The fourth-order valence-electron chi connectivity index (χ4n) is 3.76. The first kappa shape index (κ1) is 25.2. The molecule has 0 saturated carbocycles. The van der Waals surface area contributed by atoms with Crippen LogP contribution in [0.15, 0.2) is 0 Å². The average molecular weight is 431 g/mol. The van der Waals surface area contributed by atoms with E-state index in [1.54, 1.807) is 11.8 Å². The number of piperidine rings is 2. The van der Waals surface area contributed by atoms with E-state index in [2.05, 4.69) is 5.32 Å². The fourth-order valence-corrected chi connectivity index (χ4v) is 4.14. The fraction of sp³-hybridized carbons (Fsp3) is 0.789. The molecule has 3 amide bonds. The van der Waals surface area contributed by atoms with Gasteiger partial charge in [0.15, 0.2) is 0 Å². The molecule has 1 atom stereocenters. The van der Waals surface area contributed by atoms with Crippen molar-refractivity contribution in [2.24, 2.45) is 17.6 Å². The van der Waals surface area contributed by atoms with Crippen molar-refractivity contribution in [3.05, 3.63) is 0 Å². The number of amides is 3. The second-order valence-electron chi connectivity index (χ2n) is 7.46. The van der Waals surface area contributed by atoms with E-state index in [1.165, 1.54) is 0 Å². The molecule has 0 aliphatic carbocycles. The Labute approximate surface area is 176 Å². The van der Waals surface area contributed by atoms with Gasteiger partial charge in [0.05, 0.1) is 12.5 Å². The lowest BCUT2D eigenvalue weighted by molar-refractivity contribution is -0.132. The molecule has 2 heterocycles. The summed E-state index contributed by atoms with van der Waals surface area (Å²) >= 11 is 1.70. The van der Waals surface area contributed by atoms with Crippen molar-refractivity contribution in [3.8, 4) is 0 Å². The maximum absolute atomic E-state index is 12.4. The van der Waals surface area contributed by atoms with Gasteiger partial charge in [0.2, 0.25) is 17.7 Å². The molecule has 0 aromatic heterocycles. The number of carbonyl (C=O) groups excluding carboxylic acids is 3. The molecular formula is C19H34N4O5S. The van der Waals surface area contributed by atoms with Crippen LogP contribution in [0.25, 0.3) is 0 Å². The Morgan fingerprint density at radius 2 is 1.86 bits per heavy atom. The molecule has 10 heteroatoms. The van der Waals surface area contributed by atoms with Crippen LogP contribution in [0.2, 0.25) is 0 Å². The van der Waals surface area contributed by atoms with Crippen LogP contribution in [0.3, 0.4) is 0 Å². The summed E-state index contributed by atoms with van der Waals surface area (Å²) in [5, 5.41) is 9.97. The average Bonchev–Trinajstić information content (AvgIpc) is 2.71. The Morgan fingerprint density at radius 1 is 1.21 bits per heavy atom. The molecule has 2 aliphatic rings. The van der Waals surface area contributed by atoms with Gasteiger partial charge in [-0.1, -0.05) is 0 Å². The Kier molecular flexibility index (Phi) is 12.4. The predicted molar refractivity (Wildman–Crippen MR) is 112 cm³/mol. The summed E-state index contributed by atoms with van der Waals surface area (Å²) < 4.78 is 0. The first-order valence-electron chi connectivity index (χ1n) is 10.0. The van der Waals surface area contributed by atoms with Gasteiger partial charge in [0.1, 0.15) is 0 Å². The number of rotatable bonds is 8. The minimum Gasteiger partial charge on any atom is -0.483 e. The van der Waals surface area contributed by atoms with Crippen LogP contribution in [0.5, 0.6) is 0 Å². The highest BCUT2D eigenvalue weighted by Crippen LogP contribution is 2.19. The summed E-state index contributed by atoms with van der Waals surface area (Å²) in [6, 6.07) is 0. The predicted octanol–water partition coefficient (Wildman–Crippen LogP) is -0.00760. The van der Waals surface area contributed by atoms with Gasteiger partial charge in [0, 0.05) is 38.4 Å². The monoisotopic (exact) mass is 430 g/mol. The number of carbonyl (C=O) groups is 4. The van der Waals surface area contributed by atoms with Crippen LogP contribution in [0.1, 0.15) is 32.1 Å². The van der Waals surface area contributed by atoms with E-state index in [9.17, 15) is 14.4 Å². The maximum Gasteiger partial charge on any atom is 0.290 e. The van der Waals surface area contributed by atoms with Crippen LogP contribution >= 0.6 is 11.8 Å². The van der Waals surface area contributed by atoms with Crippen LogP contribution in [-0.4, -0.2) is 90.4 Å². The second kappa shape index (κ2) is 14.2. The normalized spacial score (nSPS) is 20.3. The molecule has 9 nitrogen and oxygen atoms in total. The number of nitrogens with two attached hydrogens (primary N) is 1. The number of hydrogen-bond donors (Lipinski definition) is 3. The van der Waals surface area contributed by atoms with Gasteiger partial charge in [-0.2, -0.15) is 11.8 Å². The zero-order valence-corrected chi connectivity index (χ0v) is 18.0. The molecule has 2 saturated heterocycles. The molecule has 0 spiro atoms. The van der Waals surface area contributed by atoms with E-state index in [1.807, 2.05) is 16.1 Å². The smallest absolute Gasteiger partial charge is 0.290 e. The highest BCUT2D eigenvalue weighted by atomic mass is 32.2. The third-order valence-electron chi connectivity index (χ3n) is 5.31. The van der Waals surface area contributed by atoms with Crippen molar-refractivity contribution < 1.29 is 24.3 Å². The lowest BCUT2D eigenvalue weighted by atomic mass is 9.94. The number of thioether (sulfide) groups is 1. The van der Waals surface area contributed by atoms with Crippen molar-refractivity contribution in [2.75, 3.05) is 51.3 Å². The number of primary amides is 1. The second-order valence-corrected chi connectivity index (χ2v) is 8.44. The molecule has 2 fully saturated rings. The summed E-state index contributed by atoms with van der Waals surface area (Å²) in [4.78, 5) is 47.8. The summed E-state index contributed by atoms with van der Waals surface area (Å²) in [5.74, 6) is 1.24. The third kappa shape index (κ3) is 9.98. The topological polar surface area (TPSA) is 133 Å². The van der Waals surface area contributed by atoms with Gasteiger partial charge in [0.25, 0.3) is 6.47 Å². The first-order chi connectivity index (χ1) is 13.9. The summed E-state index contributed by atoms with van der Waals surface area (Å²) in [6.45, 7) is 3.69. The molecule has 2 rings (SSSR count). The number of hydrogen-bond acceptors (Lipinski definition) is 6. The van der Waals surface area contributed by atoms with Crippen molar-refractivity contribution in [1.29, 1.82) is 0 Å². The van der Waals surface area contributed by atoms with E-state index in [-0.39, 0.29) is 36.7 Å². The first-order valence-corrected chi connectivity index (χ1v) is 11.4. The molecule has 0 aromatic carbocycles. The molecule has 29 heavy (non-hydrogen) atoms. The standard InChI is InChI=1S/C18H32N4O3S.CH2O2/c1-26-10-6-17(24)22-8-4-14(5-9-22)11-20-18(25)15-3-2-7-21(12-15)13-16(19)23;2-1-3/h14-15H,2-13H2,1H3,(H2,19,23)(H,20,25);1H,(H,2,3).